The molecule has 1 N–H and O–H groups in total. The average molecular weight is 314 g/mol. The standard InChI is InChI=1S/C20H26O3/c1-12-11-19(3)13(10-16(12)21)4-5-15-14-6-7-17(22)18(14,2)8-9-20(15,19)23/h10,14-15,23H,1,4-9,11H2,2-3H3/t14-,15-,18-,19-,20+/m0/s1. The van der Waals surface area contributed by atoms with Crippen molar-refractivity contribution < 1.29 is 14.7 Å². The van der Waals surface area contributed by atoms with E-state index in [1.54, 1.807) is 6.08 Å². The molecule has 3 fully saturated rings. The lowest BCUT2D eigenvalue weighted by atomic mass is 9.45. The van der Waals surface area contributed by atoms with E-state index in [1.807, 2.05) is 0 Å². The van der Waals surface area contributed by atoms with E-state index in [-0.39, 0.29) is 23.0 Å². The van der Waals surface area contributed by atoms with Crippen LogP contribution in [0.3, 0.4) is 0 Å². The lowest BCUT2D eigenvalue weighted by molar-refractivity contribution is -0.185. The van der Waals surface area contributed by atoms with Gasteiger partial charge in [-0.15, -0.1) is 0 Å². The largest absolute Gasteiger partial charge is 0.389 e. The summed E-state index contributed by atoms with van der Waals surface area (Å²) in [5.41, 5.74) is 0.266. The number of aliphatic hydroxyl groups is 1. The molecule has 0 unspecified atom stereocenters. The minimum Gasteiger partial charge on any atom is -0.389 e. The van der Waals surface area contributed by atoms with Crippen molar-refractivity contribution in [3.8, 4) is 0 Å². The maximum absolute atomic E-state index is 12.4. The van der Waals surface area contributed by atoms with E-state index < -0.39 is 11.0 Å². The molecule has 4 aliphatic carbocycles. The summed E-state index contributed by atoms with van der Waals surface area (Å²) in [4.78, 5) is 24.4. The Balaban J connectivity index is 1.80. The van der Waals surface area contributed by atoms with Gasteiger partial charge >= 0.3 is 0 Å². The van der Waals surface area contributed by atoms with Crippen molar-refractivity contribution in [1.29, 1.82) is 0 Å². The summed E-state index contributed by atoms with van der Waals surface area (Å²) in [6.45, 7) is 8.16. The topological polar surface area (TPSA) is 54.4 Å². The van der Waals surface area contributed by atoms with Gasteiger partial charge in [-0.3, -0.25) is 9.59 Å². The Kier molecular flexibility index (Phi) is 2.96. The molecule has 3 nitrogen and oxygen atoms in total. The second kappa shape index (κ2) is 4.44. The molecular weight excluding hydrogens is 288 g/mol. The number of carbonyl (C=O) groups excluding carboxylic acids is 2. The normalized spacial score (nSPS) is 49.3. The van der Waals surface area contributed by atoms with E-state index in [2.05, 4.69) is 20.4 Å². The van der Waals surface area contributed by atoms with Gasteiger partial charge < -0.3 is 5.11 Å². The predicted octanol–water partition coefficient (Wildman–Crippen LogP) is 3.37. The maximum Gasteiger partial charge on any atom is 0.181 e. The second-order valence-corrected chi connectivity index (χ2v) is 8.70. The molecular formula is C20H26O3. The zero-order chi connectivity index (χ0) is 16.6. The molecule has 0 radical (unpaired) electrons. The fourth-order valence-corrected chi connectivity index (χ4v) is 6.30. The summed E-state index contributed by atoms with van der Waals surface area (Å²) < 4.78 is 0. The molecule has 0 aromatic rings. The highest BCUT2D eigenvalue weighted by molar-refractivity contribution is 6.05. The van der Waals surface area contributed by atoms with Gasteiger partial charge in [0, 0.05) is 17.3 Å². The molecule has 0 amide bonds. The van der Waals surface area contributed by atoms with Gasteiger partial charge in [0.25, 0.3) is 0 Å². The molecule has 3 saturated carbocycles. The summed E-state index contributed by atoms with van der Waals surface area (Å²) in [5.74, 6) is 0.865. The van der Waals surface area contributed by atoms with Crippen molar-refractivity contribution >= 4 is 11.6 Å². The molecule has 0 aromatic carbocycles. The van der Waals surface area contributed by atoms with Crippen LogP contribution in [0.15, 0.2) is 23.8 Å². The molecule has 0 aromatic heterocycles. The molecule has 0 spiro atoms. The van der Waals surface area contributed by atoms with Crippen LogP contribution < -0.4 is 0 Å². The smallest absolute Gasteiger partial charge is 0.181 e. The number of ketones is 2. The molecule has 3 heteroatoms. The summed E-state index contributed by atoms with van der Waals surface area (Å²) in [6, 6.07) is 0. The third kappa shape index (κ3) is 1.69. The van der Waals surface area contributed by atoms with Gasteiger partial charge in [0.2, 0.25) is 0 Å². The Hall–Kier alpha value is -1.22. The highest BCUT2D eigenvalue weighted by atomic mass is 16.3. The van der Waals surface area contributed by atoms with Gasteiger partial charge in [0.15, 0.2) is 5.78 Å². The van der Waals surface area contributed by atoms with Gasteiger partial charge in [0.05, 0.1) is 5.60 Å². The van der Waals surface area contributed by atoms with Crippen LogP contribution in [0.1, 0.15) is 58.8 Å². The first-order valence-corrected chi connectivity index (χ1v) is 8.91. The zero-order valence-corrected chi connectivity index (χ0v) is 14.2. The van der Waals surface area contributed by atoms with Crippen LogP contribution in [-0.4, -0.2) is 22.3 Å². The minimum absolute atomic E-state index is 0.0243. The monoisotopic (exact) mass is 314 g/mol. The van der Waals surface area contributed by atoms with Crippen molar-refractivity contribution in [3.05, 3.63) is 23.8 Å². The highest BCUT2D eigenvalue weighted by Gasteiger charge is 2.66. The van der Waals surface area contributed by atoms with Crippen molar-refractivity contribution in [2.45, 2.75) is 64.4 Å². The van der Waals surface area contributed by atoms with Gasteiger partial charge in [0.1, 0.15) is 5.78 Å². The van der Waals surface area contributed by atoms with Crippen molar-refractivity contribution in [2.75, 3.05) is 0 Å². The third-order valence-corrected chi connectivity index (χ3v) is 7.87. The van der Waals surface area contributed by atoms with Crippen molar-refractivity contribution in [1.82, 2.24) is 0 Å². The third-order valence-electron chi connectivity index (χ3n) is 7.87. The zero-order valence-electron chi connectivity index (χ0n) is 14.2. The molecule has 0 aliphatic heterocycles. The molecule has 4 aliphatic rings. The minimum atomic E-state index is -0.810. The predicted molar refractivity (Wildman–Crippen MR) is 87.7 cm³/mol. The summed E-state index contributed by atoms with van der Waals surface area (Å²) in [5, 5.41) is 11.8. The van der Waals surface area contributed by atoms with Crippen molar-refractivity contribution in [2.24, 2.45) is 22.7 Å². The van der Waals surface area contributed by atoms with Crippen LogP contribution in [0.2, 0.25) is 0 Å². The summed E-state index contributed by atoms with van der Waals surface area (Å²) in [7, 11) is 0. The number of Topliss-reactive ketones (excluding diaryl/α,β-unsaturated/α-hetero) is 1. The SMILES string of the molecule is C=C1C[C@@]2(C)C(=CC1=O)CC[C@H]1[C@@H]3CCC(=O)[C@@]3(C)CC[C@@]12O. The van der Waals surface area contributed by atoms with E-state index in [1.165, 1.54) is 0 Å². The summed E-state index contributed by atoms with van der Waals surface area (Å²) in [6.07, 6.45) is 7.05. The van der Waals surface area contributed by atoms with E-state index in [9.17, 15) is 14.7 Å². The van der Waals surface area contributed by atoms with Crippen LogP contribution in [0.5, 0.6) is 0 Å². The Bertz CT molecular complexity index is 660. The van der Waals surface area contributed by atoms with E-state index in [0.29, 0.717) is 30.6 Å². The molecule has 5 atom stereocenters. The highest BCUT2D eigenvalue weighted by Crippen LogP contribution is 2.66. The van der Waals surface area contributed by atoms with Crippen LogP contribution in [0.4, 0.5) is 0 Å². The lowest BCUT2D eigenvalue weighted by Crippen LogP contribution is -2.63. The number of rotatable bonds is 0. The Morgan fingerprint density at radius 1 is 1.13 bits per heavy atom. The molecule has 4 rings (SSSR count). The average Bonchev–Trinajstić information content (AvgIpc) is 2.79. The molecule has 0 saturated heterocycles. The van der Waals surface area contributed by atoms with Gasteiger partial charge in [-0.2, -0.15) is 0 Å². The summed E-state index contributed by atoms with van der Waals surface area (Å²) >= 11 is 0. The molecule has 0 heterocycles. The number of carbonyl (C=O) groups is 2. The van der Waals surface area contributed by atoms with E-state index in [4.69, 9.17) is 0 Å². The second-order valence-electron chi connectivity index (χ2n) is 8.70. The fraction of sp³-hybridized carbons (Fsp3) is 0.700. The van der Waals surface area contributed by atoms with Crippen molar-refractivity contribution in [3.63, 3.8) is 0 Å². The van der Waals surface area contributed by atoms with Gasteiger partial charge in [-0.25, -0.2) is 0 Å². The number of hydrogen-bond acceptors (Lipinski definition) is 3. The molecule has 23 heavy (non-hydrogen) atoms. The first-order valence-electron chi connectivity index (χ1n) is 8.91. The van der Waals surface area contributed by atoms with Crippen LogP contribution in [0.25, 0.3) is 0 Å². The van der Waals surface area contributed by atoms with Crippen LogP contribution in [0, 0.1) is 22.7 Å². The Morgan fingerprint density at radius 3 is 2.57 bits per heavy atom. The van der Waals surface area contributed by atoms with Gasteiger partial charge in [-0.05, 0) is 62.0 Å². The Morgan fingerprint density at radius 2 is 1.83 bits per heavy atom. The first kappa shape index (κ1) is 15.3. The first-order chi connectivity index (χ1) is 10.7. The maximum atomic E-state index is 12.4. The fourth-order valence-electron chi connectivity index (χ4n) is 6.30. The van der Waals surface area contributed by atoms with E-state index in [0.717, 1.165) is 31.3 Å². The lowest BCUT2D eigenvalue weighted by Gasteiger charge is -2.62. The Labute approximate surface area is 137 Å². The van der Waals surface area contributed by atoms with Crippen LogP contribution >= 0.6 is 0 Å². The number of hydrogen-bond donors (Lipinski definition) is 1. The van der Waals surface area contributed by atoms with E-state index >= 15 is 0 Å². The molecule has 124 valence electrons. The molecule has 0 bridgehead atoms. The number of fused-ring (bicyclic) bond motifs is 5. The number of allylic oxidation sites excluding steroid dienone is 1. The quantitative estimate of drug-likeness (QED) is 0.698. The van der Waals surface area contributed by atoms with Gasteiger partial charge in [-0.1, -0.05) is 26.0 Å². The van der Waals surface area contributed by atoms with Crippen LogP contribution in [-0.2, 0) is 9.59 Å².